The van der Waals surface area contributed by atoms with Crippen molar-refractivity contribution in [2.75, 3.05) is 0 Å². The molecule has 2 aromatic rings. The van der Waals surface area contributed by atoms with Crippen molar-refractivity contribution >= 4 is 11.9 Å². The fourth-order valence-corrected chi connectivity index (χ4v) is 2.00. The molecule has 0 saturated heterocycles. The topological polar surface area (TPSA) is 84.2 Å². The molecular weight excluding hydrogens is 270 g/mol. The highest BCUT2D eigenvalue weighted by atomic mass is 16.4. The number of aliphatic carboxylic acids is 1. The fourth-order valence-electron chi connectivity index (χ4n) is 2.00. The number of rotatable bonds is 5. The molecule has 0 fully saturated rings. The normalized spacial score (nSPS) is 15.0. The van der Waals surface area contributed by atoms with Crippen LogP contribution in [0.1, 0.15) is 25.5 Å². The molecule has 1 heterocycles. The Labute approximate surface area is 122 Å². The van der Waals surface area contributed by atoms with Crippen LogP contribution in [0.4, 0.5) is 0 Å². The Bertz CT molecular complexity index is 625. The smallest absolute Gasteiger partial charge is 0.333 e. The maximum Gasteiger partial charge on any atom is 0.333 e. The van der Waals surface area contributed by atoms with Gasteiger partial charge in [-0.2, -0.15) is 5.10 Å². The number of carboxylic acid groups (broad SMARTS) is 1. The third-order valence-corrected chi connectivity index (χ3v) is 3.45. The summed E-state index contributed by atoms with van der Waals surface area (Å²) in [6, 6.07) is 9.72. The molecule has 0 saturated carbocycles. The van der Waals surface area contributed by atoms with Gasteiger partial charge in [-0.15, -0.1) is 0 Å². The monoisotopic (exact) mass is 287 g/mol. The summed E-state index contributed by atoms with van der Waals surface area (Å²) in [6.07, 6.45) is 3.22. The third kappa shape index (κ3) is 2.94. The first-order valence-electron chi connectivity index (χ1n) is 6.55. The number of aromatic nitrogens is 2. The molecule has 6 heteroatoms. The number of hydrogen-bond donors (Lipinski definition) is 2. The van der Waals surface area contributed by atoms with Crippen LogP contribution in [0.25, 0.3) is 0 Å². The number of nitrogens with zero attached hydrogens (tertiary/aromatic N) is 2. The molecule has 6 nitrogen and oxygen atoms in total. The number of hydrogen-bond acceptors (Lipinski definition) is 3. The molecule has 0 aliphatic heterocycles. The lowest BCUT2D eigenvalue weighted by Crippen LogP contribution is -2.51. The van der Waals surface area contributed by atoms with E-state index in [2.05, 4.69) is 10.4 Å². The van der Waals surface area contributed by atoms with Crippen LogP contribution in [0, 0.1) is 0 Å². The molecule has 21 heavy (non-hydrogen) atoms. The second kappa shape index (κ2) is 5.78. The summed E-state index contributed by atoms with van der Waals surface area (Å²) in [5, 5.41) is 16.1. The second-order valence-corrected chi connectivity index (χ2v) is 4.95. The number of benzene rings is 1. The van der Waals surface area contributed by atoms with Crippen molar-refractivity contribution in [1.82, 2.24) is 15.1 Å². The summed E-state index contributed by atoms with van der Waals surface area (Å²) in [4.78, 5) is 23.9. The molecule has 2 unspecified atom stereocenters. The minimum absolute atomic E-state index is 0.410. The molecule has 0 spiro atoms. The minimum Gasteiger partial charge on any atom is -0.479 e. The van der Waals surface area contributed by atoms with E-state index >= 15 is 0 Å². The molecule has 0 radical (unpaired) electrons. The quantitative estimate of drug-likeness (QED) is 0.874. The highest BCUT2D eigenvalue weighted by Crippen LogP contribution is 2.22. The fraction of sp³-hybridized carbons (Fsp3) is 0.267. The molecule has 1 aromatic carbocycles. The van der Waals surface area contributed by atoms with Gasteiger partial charge in [0.2, 0.25) is 5.91 Å². The Morgan fingerprint density at radius 1 is 1.29 bits per heavy atom. The zero-order valence-corrected chi connectivity index (χ0v) is 11.9. The lowest BCUT2D eigenvalue weighted by Gasteiger charge is -2.28. The van der Waals surface area contributed by atoms with Crippen LogP contribution in [-0.2, 0) is 15.1 Å². The van der Waals surface area contributed by atoms with Crippen molar-refractivity contribution < 1.29 is 14.7 Å². The van der Waals surface area contributed by atoms with Gasteiger partial charge in [0.1, 0.15) is 6.04 Å². The van der Waals surface area contributed by atoms with Gasteiger partial charge in [0.25, 0.3) is 0 Å². The minimum atomic E-state index is -1.49. The molecule has 0 aliphatic carbocycles. The lowest BCUT2D eigenvalue weighted by molar-refractivity contribution is -0.147. The predicted octanol–water partition coefficient (Wildman–Crippen LogP) is 1.56. The number of carbonyl (C=O) groups is 2. The summed E-state index contributed by atoms with van der Waals surface area (Å²) in [5.74, 6) is -1.53. The summed E-state index contributed by atoms with van der Waals surface area (Å²) in [5.41, 5.74) is -0.974. The zero-order chi connectivity index (χ0) is 15.5. The number of nitrogens with one attached hydrogen (secondary N) is 1. The van der Waals surface area contributed by atoms with Crippen LogP contribution in [0.3, 0.4) is 0 Å². The van der Waals surface area contributed by atoms with E-state index in [0.717, 1.165) is 0 Å². The maximum absolute atomic E-state index is 12.3. The van der Waals surface area contributed by atoms with Crippen molar-refractivity contribution in [1.29, 1.82) is 0 Å². The van der Waals surface area contributed by atoms with Crippen LogP contribution >= 0.6 is 0 Å². The first kappa shape index (κ1) is 14.8. The van der Waals surface area contributed by atoms with Crippen molar-refractivity contribution in [2.45, 2.75) is 25.4 Å². The van der Waals surface area contributed by atoms with Gasteiger partial charge in [-0.1, -0.05) is 30.3 Å². The highest BCUT2D eigenvalue weighted by molar-refractivity contribution is 5.89. The van der Waals surface area contributed by atoms with Gasteiger partial charge in [0.15, 0.2) is 5.54 Å². The van der Waals surface area contributed by atoms with E-state index < -0.39 is 23.5 Å². The van der Waals surface area contributed by atoms with Crippen molar-refractivity contribution in [3.05, 3.63) is 54.4 Å². The molecule has 110 valence electrons. The number of carboxylic acids is 1. The Balaban J connectivity index is 2.25. The van der Waals surface area contributed by atoms with E-state index in [1.165, 1.54) is 11.6 Å². The molecule has 0 bridgehead atoms. The maximum atomic E-state index is 12.3. The van der Waals surface area contributed by atoms with Gasteiger partial charge >= 0.3 is 5.97 Å². The molecule has 2 N–H and O–H groups in total. The summed E-state index contributed by atoms with van der Waals surface area (Å²) in [7, 11) is 0. The highest BCUT2D eigenvalue weighted by Gasteiger charge is 2.38. The van der Waals surface area contributed by atoms with Crippen molar-refractivity contribution in [3.63, 3.8) is 0 Å². The summed E-state index contributed by atoms with van der Waals surface area (Å²) < 4.78 is 1.47. The molecule has 2 atom stereocenters. The average Bonchev–Trinajstić information content (AvgIpc) is 3.01. The largest absolute Gasteiger partial charge is 0.479 e. The van der Waals surface area contributed by atoms with E-state index in [1.54, 1.807) is 55.7 Å². The number of carbonyl (C=O) groups excluding carboxylic acids is 1. The second-order valence-electron chi connectivity index (χ2n) is 4.95. The Hall–Kier alpha value is -2.63. The van der Waals surface area contributed by atoms with E-state index in [9.17, 15) is 14.7 Å². The van der Waals surface area contributed by atoms with Crippen molar-refractivity contribution in [3.8, 4) is 0 Å². The summed E-state index contributed by atoms with van der Waals surface area (Å²) in [6.45, 7) is 3.13. The first-order chi connectivity index (χ1) is 9.95. The molecule has 0 aliphatic rings. The van der Waals surface area contributed by atoms with E-state index in [4.69, 9.17) is 0 Å². The van der Waals surface area contributed by atoms with Gasteiger partial charge in [-0.3, -0.25) is 9.48 Å². The standard InChI is InChI=1S/C15H17N3O3/c1-11(18-10-6-9-16-18)13(19)17-15(2,14(20)21)12-7-4-3-5-8-12/h3-11H,1-2H3,(H,17,19)(H,20,21). The molecule has 1 aromatic heterocycles. The van der Waals surface area contributed by atoms with Crippen LogP contribution in [-0.4, -0.2) is 26.8 Å². The lowest BCUT2D eigenvalue weighted by atomic mass is 9.91. The van der Waals surface area contributed by atoms with Crippen molar-refractivity contribution in [2.24, 2.45) is 0 Å². The average molecular weight is 287 g/mol. The van der Waals surface area contributed by atoms with Gasteiger partial charge < -0.3 is 10.4 Å². The van der Waals surface area contributed by atoms with Crippen LogP contribution in [0.2, 0.25) is 0 Å². The first-order valence-corrected chi connectivity index (χ1v) is 6.55. The van der Waals surface area contributed by atoms with Gasteiger partial charge in [0.05, 0.1) is 0 Å². The Morgan fingerprint density at radius 2 is 1.95 bits per heavy atom. The van der Waals surface area contributed by atoms with Crippen LogP contribution in [0.15, 0.2) is 48.8 Å². The SMILES string of the molecule is CC(C(=O)NC(C)(C(=O)O)c1ccccc1)n1cccn1. The van der Waals surface area contributed by atoms with E-state index in [-0.39, 0.29) is 0 Å². The molecular formula is C15H17N3O3. The zero-order valence-electron chi connectivity index (χ0n) is 11.9. The molecule has 1 amide bonds. The molecule has 2 rings (SSSR count). The predicted molar refractivity (Wildman–Crippen MR) is 76.5 cm³/mol. The van der Waals surface area contributed by atoms with Crippen LogP contribution < -0.4 is 5.32 Å². The third-order valence-electron chi connectivity index (χ3n) is 3.45. The van der Waals surface area contributed by atoms with E-state index in [1.807, 2.05) is 0 Å². The van der Waals surface area contributed by atoms with Crippen LogP contribution in [0.5, 0.6) is 0 Å². The Kier molecular flexibility index (Phi) is 4.07. The Morgan fingerprint density at radius 3 is 2.48 bits per heavy atom. The van der Waals surface area contributed by atoms with Gasteiger partial charge in [0, 0.05) is 12.4 Å². The summed E-state index contributed by atoms with van der Waals surface area (Å²) >= 11 is 0. The van der Waals surface area contributed by atoms with Gasteiger partial charge in [-0.25, -0.2) is 4.79 Å². The number of amides is 1. The van der Waals surface area contributed by atoms with E-state index in [0.29, 0.717) is 5.56 Å². The van der Waals surface area contributed by atoms with Gasteiger partial charge in [-0.05, 0) is 25.5 Å².